The predicted molar refractivity (Wildman–Crippen MR) is 95.9 cm³/mol. The quantitative estimate of drug-likeness (QED) is 0.846. The molecule has 0 radical (unpaired) electrons. The van der Waals surface area contributed by atoms with E-state index in [-0.39, 0.29) is 5.91 Å². The van der Waals surface area contributed by atoms with E-state index in [9.17, 15) is 4.79 Å². The molecule has 4 heteroatoms. The molecule has 2 aromatic rings. The van der Waals surface area contributed by atoms with E-state index in [0.29, 0.717) is 17.5 Å². The molecule has 1 atom stereocenters. The van der Waals surface area contributed by atoms with Crippen LogP contribution in [0.4, 0.5) is 0 Å². The lowest BCUT2D eigenvalue weighted by molar-refractivity contribution is 0.0776. The molecule has 1 unspecified atom stereocenters. The Balaban J connectivity index is 1.63. The predicted octanol–water partition coefficient (Wildman–Crippen LogP) is 3.32. The molecule has 2 heterocycles. The molecule has 4 nitrogen and oxygen atoms in total. The van der Waals surface area contributed by atoms with E-state index in [0.717, 1.165) is 38.0 Å². The van der Waals surface area contributed by atoms with Gasteiger partial charge in [-0.2, -0.15) is 5.10 Å². The van der Waals surface area contributed by atoms with Gasteiger partial charge in [-0.1, -0.05) is 44.2 Å². The highest BCUT2D eigenvalue weighted by atomic mass is 16.2. The molecule has 1 aliphatic heterocycles. The number of hydrogen-bond donors (Lipinski definition) is 0. The minimum Gasteiger partial charge on any atom is -0.337 e. The smallest absolute Gasteiger partial charge is 0.272 e. The van der Waals surface area contributed by atoms with Crippen molar-refractivity contribution >= 4 is 5.91 Å². The van der Waals surface area contributed by atoms with E-state index in [1.165, 1.54) is 5.56 Å². The minimum atomic E-state index is 0.121. The van der Waals surface area contributed by atoms with Gasteiger partial charge < -0.3 is 4.90 Å². The third-order valence-corrected chi connectivity index (χ3v) is 4.71. The van der Waals surface area contributed by atoms with Crippen LogP contribution >= 0.6 is 0 Å². The zero-order valence-electron chi connectivity index (χ0n) is 14.9. The fourth-order valence-electron chi connectivity index (χ4n) is 3.54. The maximum atomic E-state index is 12.8. The van der Waals surface area contributed by atoms with E-state index >= 15 is 0 Å². The van der Waals surface area contributed by atoms with Crippen LogP contribution in [-0.2, 0) is 19.9 Å². The second-order valence-corrected chi connectivity index (χ2v) is 7.34. The molecule has 24 heavy (non-hydrogen) atoms. The summed E-state index contributed by atoms with van der Waals surface area (Å²) in [6.45, 7) is 6.04. The van der Waals surface area contributed by atoms with Gasteiger partial charge in [0.25, 0.3) is 5.91 Å². The molecule has 128 valence electrons. The fraction of sp³-hybridized carbons (Fsp3) is 0.500. The molecular weight excluding hydrogens is 298 g/mol. The number of likely N-dealkylation sites (tertiary alicyclic amines) is 1. The number of amides is 1. The van der Waals surface area contributed by atoms with Gasteiger partial charge in [0.15, 0.2) is 0 Å². The molecule has 1 aliphatic rings. The number of aryl methyl sites for hydroxylation is 1. The maximum Gasteiger partial charge on any atom is 0.272 e. The molecule has 1 aromatic carbocycles. The zero-order chi connectivity index (χ0) is 17.1. The number of rotatable bonds is 5. The van der Waals surface area contributed by atoms with Gasteiger partial charge in [-0.25, -0.2) is 0 Å². The van der Waals surface area contributed by atoms with Gasteiger partial charge in [-0.3, -0.25) is 9.48 Å². The molecule has 0 aliphatic carbocycles. The monoisotopic (exact) mass is 325 g/mol. The Bertz CT molecular complexity index is 690. The standard InChI is InChI=1S/C20H27N3O/c1-15(2)11-18-13-19(22(3)21-18)20(24)23-10-9-17(14-23)12-16-7-5-4-6-8-16/h4-8,13,15,17H,9-12,14H2,1-3H3. The second kappa shape index (κ2) is 7.20. The van der Waals surface area contributed by atoms with Crippen LogP contribution in [0.2, 0.25) is 0 Å². The van der Waals surface area contributed by atoms with Crippen molar-refractivity contribution in [2.75, 3.05) is 13.1 Å². The van der Waals surface area contributed by atoms with Crippen molar-refractivity contribution in [3.05, 3.63) is 53.3 Å². The summed E-state index contributed by atoms with van der Waals surface area (Å²) in [6.07, 6.45) is 3.05. The normalized spacial score (nSPS) is 17.7. The summed E-state index contributed by atoms with van der Waals surface area (Å²) in [7, 11) is 1.87. The van der Waals surface area contributed by atoms with Crippen LogP contribution < -0.4 is 0 Å². The summed E-state index contributed by atoms with van der Waals surface area (Å²) in [5, 5.41) is 4.50. The highest BCUT2D eigenvalue weighted by Gasteiger charge is 2.28. The maximum absolute atomic E-state index is 12.8. The minimum absolute atomic E-state index is 0.121. The van der Waals surface area contributed by atoms with E-state index in [1.807, 2.05) is 24.1 Å². The van der Waals surface area contributed by atoms with Gasteiger partial charge in [0.1, 0.15) is 5.69 Å². The number of carbonyl (C=O) groups is 1. The third-order valence-electron chi connectivity index (χ3n) is 4.71. The lowest BCUT2D eigenvalue weighted by Crippen LogP contribution is -2.30. The van der Waals surface area contributed by atoms with Crippen LogP contribution in [-0.4, -0.2) is 33.7 Å². The SMILES string of the molecule is CC(C)Cc1cc(C(=O)N2CCC(Cc3ccccc3)C2)n(C)n1. The van der Waals surface area contributed by atoms with Gasteiger partial charge in [0.05, 0.1) is 5.69 Å². The fourth-order valence-corrected chi connectivity index (χ4v) is 3.54. The van der Waals surface area contributed by atoms with Crippen LogP contribution in [0.1, 0.15) is 42.0 Å². The first-order chi connectivity index (χ1) is 11.5. The van der Waals surface area contributed by atoms with Gasteiger partial charge in [-0.15, -0.1) is 0 Å². The van der Waals surface area contributed by atoms with Gasteiger partial charge in [-0.05, 0) is 42.7 Å². The van der Waals surface area contributed by atoms with Crippen molar-refractivity contribution in [3.63, 3.8) is 0 Å². The molecule has 0 N–H and O–H groups in total. The molecular formula is C20H27N3O. The highest BCUT2D eigenvalue weighted by Crippen LogP contribution is 2.23. The van der Waals surface area contributed by atoms with Crippen LogP contribution in [0.25, 0.3) is 0 Å². The first-order valence-corrected chi connectivity index (χ1v) is 8.89. The van der Waals surface area contributed by atoms with Crippen LogP contribution in [0, 0.1) is 11.8 Å². The van der Waals surface area contributed by atoms with Crippen molar-refractivity contribution in [1.29, 1.82) is 0 Å². The van der Waals surface area contributed by atoms with Crippen molar-refractivity contribution < 1.29 is 4.79 Å². The first kappa shape index (κ1) is 16.7. The van der Waals surface area contributed by atoms with E-state index in [4.69, 9.17) is 0 Å². The topological polar surface area (TPSA) is 38.1 Å². The first-order valence-electron chi connectivity index (χ1n) is 8.89. The highest BCUT2D eigenvalue weighted by molar-refractivity contribution is 5.92. The molecule has 1 amide bonds. The van der Waals surface area contributed by atoms with Crippen molar-refractivity contribution in [3.8, 4) is 0 Å². The Morgan fingerprint density at radius 3 is 2.75 bits per heavy atom. The van der Waals surface area contributed by atoms with Gasteiger partial charge in [0, 0.05) is 20.1 Å². The Morgan fingerprint density at radius 1 is 1.29 bits per heavy atom. The Hall–Kier alpha value is -2.10. The van der Waals surface area contributed by atoms with Crippen LogP contribution in [0.3, 0.4) is 0 Å². The van der Waals surface area contributed by atoms with Crippen molar-refractivity contribution in [2.24, 2.45) is 18.9 Å². The Morgan fingerprint density at radius 2 is 2.04 bits per heavy atom. The van der Waals surface area contributed by atoms with E-state index in [1.54, 1.807) is 4.68 Å². The van der Waals surface area contributed by atoms with Gasteiger partial charge in [0.2, 0.25) is 0 Å². The Kier molecular flexibility index (Phi) is 5.03. The summed E-state index contributed by atoms with van der Waals surface area (Å²) in [5.74, 6) is 1.22. The molecule has 0 saturated carbocycles. The zero-order valence-corrected chi connectivity index (χ0v) is 14.9. The molecule has 3 rings (SSSR count). The number of hydrogen-bond acceptors (Lipinski definition) is 2. The molecule has 0 spiro atoms. The van der Waals surface area contributed by atoms with Crippen molar-refractivity contribution in [1.82, 2.24) is 14.7 Å². The summed E-state index contributed by atoms with van der Waals surface area (Å²) in [4.78, 5) is 14.8. The summed E-state index contributed by atoms with van der Waals surface area (Å²) < 4.78 is 1.74. The molecule has 1 saturated heterocycles. The van der Waals surface area contributed by atoms with E-state index in [2.05, 4.69) is 43.2 Å². The number of benzene rings is 1. The lowest BCUT2D eigenvalue weighted by atomic mass is 9.99. The largest absolute Gasteiger partial charge is 0.337 e. The van der Waals surface area contributed by atoms with Gasteiger partial charge >= 0.3 is 0 Å². The second-order valence-electron chi connectivity index (χ2n) is 7.34. The summed E-state index contributed by atoms with van der Waals surface area (Å²) >= 11 is 0. The van der Waals surface area contributed by atoms with Crippen molar-refractivity contribution in [2.45, 2.75) is 33.1 Å². The number of nitrogens with zero attached hydrogens (tertiary/aromatic N) is 3. The van der Waals surface area contributed by atoms with Crippen LogP contribution in [0.5, 0.6) is 0 Å². The summed E-state index contributed by atoms with van der Waals surface area (Å²) in [6, 6.07) is 12.5. The van der Waals surface area contributed by atoms with Crippen LogP contribution in [0.15, 0.2) is 36.4 Å². The third kappa shape index (κ3) is 3.86. The molecule has 1 fully saturated rings. The molecule has 1 aromatic heterocycles. The summed E-state index contributed by atoms with van der Waals surface area (Å²) in [5.41, 5.74) is 3.08. The average Bonchev–Trinajstić information content (AvgIpc) is 3.14. The average molecular weight is 325 g/mol. The Labute approximate surface area is 144 Å². The molecule has 0 bridgehead atoms. The number of carbonyl (C=O) groups excluding carboxylic acids is 1. The van der Waals surface area contributed by atoms with E-state index < -0.39 is 0 Å². The lowest BCUT2D eigenvalue weighted by Gasteiger charge is -2.16. The number of aromatic nitrogens is 2.